The zero-order valence-corrected chi connectivity index (χ0v) is 8.33. The van der Waals surface area contributed by atoms with Crippen molar-refractivity contribution in [1.82, 2.24) is 0 Å². The highest BCUT2D eigenvalue weighted by atomic mass is 19.1. The number of ether oxygens (including phenoxy) is 2. The van der Waals surface area contributed by atoms with Gasteiger partial charge in [0, 0.05) is 6.61 Å². The Kier molecular flexibility index (Phi) is 4.05. The number of halogens is 1. The third kappa shape index (κ3) is 3.21. The summed E-state index contributed by atoms with van der Waals surface area (Å²) in [5, 5.41) is 0. The molecule has 0 bridgehead atoms. The van der Waals surface area contributed by atoms with Gasteiger partial charge in [-0.15, -0.1) is 0 Å². The molecule has 0 unspecified atom stereocenters. The van der Waals surface area contributed by atoms with Crippen LogP contribution < -0.4 is 5.73 Å². The van der Waals surface area contributed by atoms with Gasteiger partial charge >= 0.3 is 5.97 Å². The van der Waals surface area contributed by atoms with Crippen LogP contribution in [0.1, 0.15) is 17.3 Å². The third-order valence-electron chi connectivity index (χ3n) is 1.71. The molecular formula is C10H12FNO3. The van der Waals surface area contributed by atoms with Gasteiger partial charge in [0.05, 0.1) is 11.3 Å². The van der Waals surface area contributed by atoms with Gasteiger partial charge in [0.25, 0.3) is 0 Å². The Hall–Kier alpha value is -1.62. The molecule has 0 fully saturated rings. The molecule has 5 heteroatoms. The van der Waals surface area contributed by atoms with E-state index in [1.54, 1.807) is 6.92 Å². The smallest absolute Gasteiger partial charge is 0.340 e. The Morgan fingerprint density at radius 2 is 2.27 bits per heavy atom. The normalized spacial score (nSPS) is 10.0. The predicted molar refractivity (Wildman–Crippen MR) is 52.7 cm³/mol. The first-order valence-electron chi connectivity index (χ1n) is 4.45. The maximum absolute atomic E-state index is 12.8. The highest BCUT2D eigenvalue weighted by molar-refractivity contribution is 5.90. The van der Waals surface area contributed by atoms with Crippen molar-refractivity contribution in [2.75, 3.05) is 19.1 Å². The molecule has 0 heterocycles. The first-order chi connectivity index (χ1) is 7.15. The fraction of sp³-hybridized carbons (Fsp3) is 0.300. The summed E-state index contributed by atoms with van der Waals surface area (Å²) >= 11 is 0. The highest BCUT2D eigenvalue weighted by Gasteiger charge is 2.08. The van der Waals surface area contributed by atoms with E-state index in [9.17, 15) is 9.18 Å². The first-order valence-corrected chi connectivity index (χ1v) is 4.45. The zero-order chi connectivity index (χ0) is 11.3. The molecule has 0 aliphatic rings. The van der Waals surface area contributed by atoms with Crippen molar-refractivity contribution in [3.8, 4) is 0 Å². The van der Waals surface area contributed by atoms with Crippen LogP contribution in [0.25, 0.3) is 0 Å². The lowest BCUT2D eigenvalue weighted by Crippen LogP contribution is -2.09. The van der Waals surface area contributed by atoms with Crippen molar-refractivity contribution in [3.05, 3.63) is 29.6 Å². The summed E-state index contributed by atoms with van der Waals surface area (Å²) in [6.45, 7) is 2.12. The average molecular weight is 213 g/mol. The van der Waals surface area contributed by atoms with E-state index in [4.69, 9.17) is 15.2 Å². The van der Waals surface area contributed by atoms with Gasteiger partial charge in [0.15, 0.2) is 6.79 Å². The van der Waals surface area contributed by atoms with Crippen molar-refractivity contribution >= 4 is 11.7 Å². The van der Waals surface area contributed by atoms with E-state index < -0.39 is 11.8 Å². The molecular weight excluding hydrogens is 201 g/mol. The molecule has 0 atom stereocenters. The first kappa shape index (κ1) is 11.5. The molecule has 82 valence electrons. The molecule has 15 heavy (non-hydrogen) atoms. The van der Waals surface area contributed by atoms with Gasteiger partial charge < -0.3 is 15.2 Å². The lowest BCUT2D eigenvalue weighted by molar-refractivity contribution is -0.0274. The number of carbonyl (C=O) groups excluding carboxylic acids is 1. The van der Waals surface area contributed by atoms with Crippen LogP contribution >= 0.6 is 0 Å². The molecule has 0 radical (unpaired) electrons. The number of rotatable bonds is 4. The Morgan fingerprint density at radius 3 is 2.87 bits per heavy atom. The molecule has 0 aliphatic heterocycles. The third-order valence-corrected chi connectivity index (χ3v) is 1.71. The lowest BCUT2D eigenvalue weighted by Gasteiger charge is -2.05. The van der Waals surface area contributed by atoms with Gasteiger partial charge in [-0.2, -0.15) is 0 Å². The Balaban J connectivity index is 2.62. The summed E-state index contributed by atoms with van der Waals surface area (Å²) in [4.78, 5) is 11.3. The summed E-state index contributed by atoms with van der Waals surface area (Å²) in [6.07, 6.45) is 0. The monoisotopic (exact) mass is 213 g/mol. The number of esters is 1. The van der Waals surface area contributed by atoms with Gasteiger partial charge in [-0.3, -0.25) is 0 Å². The number of nitrogens with two attached hydrogens (primary N) is 1. The van der Waals surface area contributed by atoms with Crippen LogP contribution in [0.15, 0.2) is 18.2 Å². The van der Waals surface area contributed by atoms with Crippen molar-refractivity contribution in [1.29, 1.82) is 0 Å². The van der Waals surface area contributed by atoms with E-state index in [0.717, 1.165) is 6.07 Å². The van der Waals surface area contributed by atoms with Crippen LogP contribution in [0, 0.1) is 5.82 Å². The summed E-state index contributed by atoms with van der Waals surface area (Å²) in [7, 11) is 0. The maximum atomic E-state index is 12.8. The number of benzene rings is 1. The van der Waals surface area contributed by atoms with Crippen LogP contribution in [0.4, 0.5) is 10.1 Å². The van der Waals surface area contributed by atoms with Crippen LogP contribution in [0.5, 0.6) is 0 Å². The zero-order valence-electron chi connectivity index (χ0n) is 8.33. The second-order valence-corrected chi connectivity index (χ2v) is 2.78. The van der Waals surface area contributed by atoms with E-state index in [1.165, 1.54) is 12.1 Å². The van der Waals surface area contributed by atoms with Crippen molar-refractivity contribution in [3.63, 3.8) is 0 Å². The van der Waals surface area contributed by atoms with E-state index >= 15 is 0 Å². The standard InChI is InChI=1S/C10H12FNO3/c1-2-14-6-15-10(13)7-3-4-8(11)9(12)5-7/h3-5H,2,6,12H2,1H3. The van der Waals surface area contributed by atoms with Crippen LogP contribution in [-0.2, 0) is 9.47 Å². The van der Waals surface area contributed by atoms with Gasteiger partial charge in [0.2, 0.25) is 0 Å². The molecule has 0 saturated carbocycles. The van der Waals surface area contributed by atoms with Crippen molar-refractivity contribution in [2.45, 2.75) is 6.92 Å². The van der Waals surface area contributed by atoms with Crippen molar-refractivity contribution in [2.24, 2.45) is 0 Å². The number of nitrogen functional groups attached to an aromatic ring is 1. The number of anilines is 1. The minimum absolute atomic E-state index is 0.0825. The molecule has 0 aliphatic carbocycles. The molecule has 2 N–H and O–H groups in total. The van der Waals surface area contributed by atoms with Gasteiger partial charge in [-0.1, -0.05) is 0 Å². The fourth-order valence-electron chi connectivity index (χ4n) is 0.933. The quantitative estimate of drug-likeness (QED) is 0.357. The van der Waals surface area contributed by atoms with Crippen LogP contribution in [0.2, 0.25) is 0 Å². The fourth-order valence-corrected chi connectivity index (χ4v) is 0.933. The largest absolute Gasteiger partial charge is 0.435 e. The van der Waals surface area contributed by atoms with Crippen molar-refractivity contribution < 1.29 is 18.7 Å². The summed E-state index contributed by atoms with van der Waals surface area (Å²) in [5.41, 5.74) is 5.42. The van der Waals surface area contributed by atoms with Gasteiger partial charge in [0.1, 0.15) is 5.82 Å². The van der Waals surface area contributed by atoms with E-state index in [0.29, 0.717) is 6.61 Å². The minimum Gasteiger partial charge on any atom is -0.435 e. The second-order valence-electron chi connectivity index (χ2n) is 2.78. The average Bonchev–Trinajstić information content (AvgIpc) is 2.22. The number of hydrogen-bond donors (Lipinski definition) is 1. The van der Waals surface area contributed by atoms with Crippen LogP contribution in [0.3, 0.4) is 0 Å². The molecule has 0 amide bonds. The minimum atomic E-state index is -0.588. The van der Waals surface area contributed by atoms with Gasteiger partial charge in [-0.25, -0.2) is 9.18 Å². The molecule has 4 nitrogen and oxygen atoms in total. The summed E-state index contributed by atoms with van der Waals surface area (Å²) in [6, 6.07) is 3.65. The van der Waals surface area contributed by atoms with E-state index in [1.807, 2.05) is 0 Å². The van der Waals surface area contributed by atoms with Crippen LogP contribution in [-0.4, -0.2) is 19.4 Å². The number of carbonyl (C=O) groups is 1. The summed E-state index contributed by atoms with van der Waals surface area (Å²) < 4.78 is 22.3. The van der Waals surface area contributed by atoms with Gasteiger partial charge in [-0.05, 0) is 25.1 Å². The van der Waals surface area contributed by atoms with E-state index in [2.05, 4.69) is 0 Å². The Bertz CT molecular complexity index is 355. The highest BCUT2D eigenvalue weighted by Crippen LogP contribution is 2.12. The molecule has 1 aromatic rings. The SMILES string of the molecule is CCOCOC(=O)c1ccc(F)c(N)c1. The molecule has 0 aromatic heterocycles. The predicted octanol–water partition coefficient (Wildman–Crippen LogP) is 1.56. The molecule has 0 spiro atoms. The second kappa shape index (κ2) is 5.31. The summed E-state index contributed by atoms with van der Waals surface area (Å²) in [5.74, 6) is -1.15. The Labute approximate surface area is 86.8 Å². The number of hydrogen-bond acceptors (Lipinski definition) is 4. The van der Waals surface area contributed by atoms with E-state index in [-0.39, 0.29) is 18.0 Å². The molecule has 1 aromatic carbocycles. The Morgan fingerprint density at radius 1 is 1.53 bits per heavy atom. The lowest BCUT2D eigenvalue weighted by atomic mass is 10.2. The topological polar surface area (TPSA) is 61.5 Å². The molecule has 0 saturated heterocycles. The maximum Gasteiger partial charge on any atom is 0.340 e. The molecule has 1 rings (SSSR count).